The SMILES string of the molecule is CC1CCCC(CCNCc2ccc(O)cc2O)C1. The zero-order chi connectivity index (χ0) is 13.7. The van der Waals surface area contributed by atoms with Crippen LogP contribution in [0, 0.1) is 11.8 Å². The Morgan fingerprint density at radius 2 is 2.11 bits per heavy atom. The Balaban J connectivity index is 1.69. The highest BCUT2D eigenvalue weighted by Crippen LogP contribution is 2.30. The van der Waals surface area contributed by atoms with Gasteiger partial charge in [0.1, 0.15) is 11.5 Å². The number of benzene rings is 1. The molecule has 1 aliphatic carbocycles. The molecular weight excluding hydrogens is 238 g/mol. The molecule has 0 aromatic heterocycles. The van der Waals surface area contributed by atoms with Crippen molar-refractivity contribution in [3.8, 4) is 11.5 Å². The molecule has 3 heteroatoms. The summed E-state index contributed by atoms with van der Waals surface area (Å²) < 4.78 is 0. The van der Waals surface area contributed by atoms with Crippen LogP contribution >= 0.6 is 0 Å². The summed E-state index contributed by atoms with van der Waals surface area (Å²) in [5, 5.41) is 22.3. The van der Waals surface area contributed by atoms with Crippen LogP contribution in [0.1, 0.15) is 44.6 Å². The summed E-state index contributed by atoms with van der Waals surface area (Å²) in [6.45, 7) is 4.01. The van der Waals surface area contributed by atoms with Crippen LogP contribution in [0.15, 0.2) is 18.2 Å². The number of phenolic OH excluding ortho intramolecular Hbond substituents is 2. The molecule has 1 aromatic carbocycles. The molecule has 19 heavy (non-hydrogen) atoms. The van der Waals surface area contributed by atoms with Crippen molar-refractivity contribution in [3.63, 3.8) is 0 Å². The second-order valence-electron chi connectivity index (χ2n) is 5.92. The maximum atomic E-state index is 9.67. The Bertz CT molecular complexity index is 406. The van der Waals surface area contributed by atoms with Crippen LogP contribution in [-0.4, -0.2) is 16.8 Å². The minimum atomic E-state index is 0.109. The summed E-state index contributed by atoms with van der Waals surface area (Å²) in [5.74, 6) is 2.03. The van der Waals surface area contributed by atoms with Gasteiger partial charge in [0.25, 0.3) is 0 Å². The van der Waals surface area contributed by atoms with E-state index < -0.39 is 0 Å². The Morgan fingerprint density at radius 1 is 1.26 bits per heavy atom. The fourth-order valence-electron chi connectivity index (χ4n) is 3.05. The Kier molecular flexibility index (Phi) is 5.08. The zero-order valence-corrected chi connectivity index (χ0v) is 11.7. The standard InChI is InChI=1S/C16H25NO2/c1-12-3-2-4-13(9-12)7-8-17-11-14-5-6-15(18)10-16(14)19/h5-6,10,12-13,17-19H,2-4,7-9,11H2,1H3. The van der Waals surface area contributed by atoms with E-state index in [0.717, 1.165) is 23.9 Å². The summed E-state index contributed by atoms with van der Waals surface area (Å²) in [4.78, 5) is 0. The third kappa shape index (κ3) is 4.43. The lowest BCUT2D eigenvalue weighted by Crippen LogP contribution is -2.21. The van der Waals surface area contributed by atoms with Crippen LogP contribution in [0.2, 0.25) is 0 Å². The highest BCUT2D eigenvalue weighted by atomic mass is 16.3. The summed E-state index contributed by atoms with van der Waals surface area (Å²) in [7, 11) is 0. The Hall–Kier alpha value is -1.22. The van der Waals surface area contributed by atoms with Crippen molar-refractivity contribution in [2.45, 2.75) is 45.6 Å². The number of phenols is 2. The third-order valence-corrected chi connectivity index (χ3v) is 4.16. The molecule has 2 unspecified atom stereocenters. The first kappa shape index (κ1) is 14.2. The Morgan fingerprint density at radius 3 is 2.84 bits per heavy atom. The summed E-state index contributed by atoms with van der Waals surface area (Å²) in [5.41, 5.74) is 0.842. The molecule has 3 N–H and O–H groups in total. The van der Waals surface area contributed by atoms with E-state index in [1.807, 2.05) is 0 Å². The van der Waals surface area contributed by atoms with Crippen molar-refractivity contribution in [3.05, 3.63) is 23.8 Å². The van der Waals surface area contributed by atoms with Crippen LogP contribution in [-0.2, 0) is 6.54 Å². The van der Waals surface area contributed by atoms with Gasteiger partial charge in [-0.1, -0.05) is 32.3 Å². The van der Waals surface area contributed by atoms with Crippen molar-refractivity contribution < 1.29 is 10.2 Å². The fourth-order valence-corrected chi connectivity index (χ4v) is 3.05. The number of nitrogens with one attached hydrogen (secondary N) is 1. The number of aromatic hydroxyl groups is 2. The topological polar surface area (TPSA) is 52.5 Å². The lowest BCUT2D eigenvalue weighted by Gasteiger charge is -2.26. The zero-order valence-electron chi connectivity index (χ0n) is 11.7. The average molecular weight is 263 g/mol. The van der Waals surface area contributed by atoms with Gasteiger partial charge in [-0.3, -0.25) is 0 Å². The van der Waals surface area contributed by atoms with Crippen LogP contribution < -0.4 is 5.32 Å². The summed E-state index contributed by atoms with van der Waals surface area (Å²) in [6.07, 6.45) is 6.74. The second-order valence-corrected chi connectivity index (χ2v) is 5.92. The molecule has 1 aliphatic rings. The normalized spacial score (nSPS) is 23.4. The van der Waals surface area contributed by atoms with E-state index in [2.05, 4.69) is 12.2 Å². The molecule has 2 atom stereocenters. The fraction of sp³-hybridized carbons (Fsp3) is 0.625. The molecule has 0 radical (unpaired) electrons. The highest BCUT2D eigenvalue weighted by Gasteiger charge is 2.18. The highest BCUT2D eigenvalue weighted by molar-refractivity contribution is 5.38. The van der Waals surface area contributed by atoms with Crippen LogP contribution in [0.5, 0.6) is 11.5 Å². The van der Waals surface area contributed by atoms with Gasteiger partial charge >= 0.3 is 0 Å². The van der Waals surface area contributed by atoms with E-state index in [1.54, 1.807) is 12.1 Å². The molecule has 1 fully saturated rings. The van der Waals surface area contributed by atoms with Crippen LogP contribution in [0.3, 0.4) is 0 Å². The summed E-state index contributed by atoms with van der Waals surface area (Å²) >= 11 is 0. The van der Waals surface area contributed by atoms with E-state index in [9.17, 15) is 10.2 Å². The molecule has 0 heterocycles. The van der Waals surface area contributed by atoms with Crippen molar-refractivity contribution in [1.82, 2.24) is 5.32 Å². The van der Waals surface area contributed by atoms with Crippen molar-refractivity contribution in [1.29, 1.82) is 0 Å². The molecule has 0 saturated heterocycles. The number of hydrogen-bond acceptors (Lipinski definition) is 3. The first-order valence-electron chi connectivity index (χ1n) is 7.36. The monoisotopic (exact) mass is 263 g/mol. The molecule has 0 amide bonds. The lowest BCUT2D eigenvalue weighted by molar-refractivity contribution is 0.267. The molecule has 1 aromatic rings. The predicted molar refractivity (Wildman–Crippen MR) is 77.2 cm³/mol. The van der Waals surface area contributed by atoms with Crippen molar-refractivity contribution >= 4 is 0 Å². The van der Waals surface area contributed by atoms with E-state index in [0.29, 0.717) is 6.54 Å². The van der Waals surface area contributed by atoms with Gasteiger partial charge in [-0.15, -0.1) is 0 Å². The maximum absolute atomic E-state index is 9.67. The second kappa shape index (κ2) is 6.80. The predicted octanol–water partition coefficient (Wildman–Crippen LogP) is 3.40. The van der Waals surface area contributed by atoms with Gasteiger partial charge in [-0.25, -0.2) is 0 Å². The van der Waals surface area contributed by atoms with Gasteiger partial charge in [0.15, 0.2) is 0 Å². The van der Waals surface area contributed by atoms with Gasteiger partial charge in [0, 0.05) is 18.2 Å². The van der Waals surface area contributed by atoms with Gasteiger partial charge in [0.05, 0.1) is 0 Å². The van der Waals surface area contributed by atoms with Gasteiger partial charge in [0.2, 0.25) is 0 Å². The van der Waals surface area contributed by atoms with Gasteiger partial charge in [-0.2, -0.15) is 0 Å². The molecule has 106 valence electrons. The Labute approximate surface area is 115 Å². The molecule has 0 bridgehead atoms. The molecular formula is C16H25NO2. The van der Waals surface area contributed by atoms with E-state index >= 15 is 0 Å². The van der Waals surface area contributed by atoms with Gasteiger partial charge < -0.3 is 15.5 Å². The van der Waals surface area contributed by atoms with E-state index in [4.69, 9.17) is 0 Å². The number of hydrogen-bond donors (Lipinski definition) is 3. The smallest absolute Gasteiger partial charge is 0.123 e. The van der Waals surface area contributed by atoms with Crippen molar-refractivity contribution in [2.75, 3.05) is 6.54 Å². The van der Waals surface area contributed by atoms with Crippen molar-refractivity contribution in [2.24, 2.45) is 11.8 Å². The quantitative estimate of drug-likeness (QED) is 0.714. The van der Waals surface area contributed by atoms with Gasteiger partial charge in [-0.05, 0) is 37.3 Å². The minimum absolute atomic E-state index is 0.109. The molecule has 0 aliphatic heterocycles. The van der Waals surface area contributed by atoms with E-state index in [1.165, 1.54) is 38.2 Å². The molecule has 0 spiro atoms. The first-order valence-corrected chi connectivity index (χ1v) is 7.36. The van der Waals surface area contributed by atoms with E-state index in [-0.39, 0.29) is 11.5 Å². The average Bonchev–Trinajstić information content (AvgIpc) is 2.37. The first-order chi connectivity index (χ1) is 9.15. The summed E-state index contributed by atoms with van der Waals surface area (Å²) in [6, 6.07) is 4.76. The number of rotatable bonds is 5. The molecule has 3 nitrogen and oxygen atoms in total. The lowest BCUT2D eigenvalue weighted by atomic mass is 9.81. The maximum Gasteiger partial charge on any atom is 0.123 e. The minimum Gasteiger partial charge on any atom is -0.508 e. The van der Waals surface area contributed by atoms with Crippen LogP contribution in [0.4, 0.5) is 0 Å². The molecule has 1 saturated carbocycles. The third-order valence-electron chi connectivity index (χ3n) is 4.16. The molecule has 2 rings (SSSR count). The van der Waals surface area contributed by atoms with Crippen LogP contribution in [0.25, 0.3) is 0 Å². The largest absolute Gasteiger partial charge is 0.508 e.